The molecule has 0 rings (SSSR count). The van der Waals surface area contributed by atoms with E-state index in [0.717, 1.165) is 12.5 Å². The van der Waals surface area contributed by atoms with Gasteiger partial charge >= 0.3 is 0 Å². The summed E-state index contributed by atoms with van der Waals surface area (Å²) in [6.45, 7) is 9.99. The Labute approximate surface area is 71.4 Å². The van der Waals surface area contributed by atoms with E-state index in [-0.39, 0.29) is 0 Å². The van der Waals surface area contributed by atoms with Gasteiger partial charge in [0.05, 0.1) is 0 Å². The highest BCUT2D eigenvalue weighted by atomic mass is 14.5. The van der Waals surface area contributed by atoms with Crippen LogP contribution in [0.4, 0.5) is 0 Å². The lowest BCUT2D eigenvalue weighted by Crippen LogP contribution is -2.15. The standard InChI is InChI=1S/C10H23N/c1-5-9(6-7-11)8-10(2,3)4/h9H,5-8,11H2,1-4H3. The van der Waals surface area contributed by atoms with Crippen molar-refractivity contribution in [3.05, 3.63) is 0 Å². The number of hydrogen-bond acceptors (Lipinski definition) is 1. The zero-order valence-electron chi connectivity index (χ0n) is 8.48. The molecule has 0 aromatic rings. The van der Waals surface area contributed by atoms with Gasteiger partial charge in [0.1, 0.15) is 0 Å². The normalized spacial score (nSPS) is 15.0. The number of rotatable bonds is 4. The van der Waals surface area contributed by atoms with E-state index in [0.29, 0.717) is 5.41 Å². The molecule has 0 bridgehead atoms. The highest BCUT2D eigenvalue weighted by molar-refractivity contribution is 4.68. The molecule has 1 atom stereocenters. The van der Waals surface area contributed by atoms with Crippen LogP contribution >= 0.6 is 0 Å². The van der Waals surface area contributed by atoms with Crippen molar-refractivity contribution in [3.63, 3.8) is 0 Å². The maximum atomic E-state index is 5.52. The second-order valence-corrected chi connectivity index (χ2v) is 4.62. The lowest BCUT2D eigenvalue weighted by molar-refractivity contribution is 0.278. The molecule has 68 valence electrons. The Morgan fingerprint density at radius 1 is 1.27 bits per heavy atom. The highest BCUT2D eigenvalue weighted by Gasteiger charge is 2.16. The molecule has 1 heteroatoms. The van der Waals surface area contributed by atoms with E-state index < -0.39 is 0 Å². The van der Waals surface area contributed by atoms with Crippen LogP contribution in [0.1, 0.15) is 47.0 Å². The van der Waals surface area contributed by atoms with E-state index in [9.17, 15) is 0 Å². The van der Waals surface area contributed by atoms with Crippen LogP contribution in [0.5, 0.6) is 0 Å². The molecular weight excluding hydrogens is 134 g/mol. The lowest BCUT2D eigenvalue weighted by Gasteiger charge is -2.24. The summed E-state index contributed by atoms with van der Waals surface area (Å²) in [5.41, 5.74) is 5.99. The molecule has 0 saturated heterocycles. The van der Waals surface area contributed by atoms with Crippen LogP contribution in [0.3, 0.4) is 0 Å². The fourth-order valence-corrected chi connectivity index (χ4v) is 1.55. The Hall–Kier alpha value is -0.0400. The Balaban J connectivity index is 3.68. The van der Waals surface area contributed by atoms with Crippen molar-refractivity contribution in [2.45, 2.75) is 47.0 Å². The van der Waals surface area contributed by atoms with Gasteiger partial charge in [-0.3, -0.25) is 0 Å². The van der Waals surface area contributed by atoms with Gasteiger partial charge in [0.2, 0.25) is 0 Å². The van der Waals surface area contributed by atoms with Gasteiger partial charge in [-0.15, -0.1) is 0 Å². The van der Waals surface area contributed by atoms with E-state index in [1.54, 1.807) is 0 Å². The minimum absolute atomic E-state index is 0.468. The molecule has 0 aliphatic heterocycles. The van der Waals surface area contributed by atoms with E-state index in [1.165, 1.54) is 19.3 Å². The molecule has 0 fully saturated rings. The summed E-state index contributed by atoms with van der Waals surface area (Å²) in [5, 5.41) is 0. The van der Waals surface area contributed by atoms with Gasteiger partial charge in [-0.05, 0) is 30.7 Å². The van der Waals surface area contributed by atoms with Crippen LogP contribution in [0.2, 0.25) is 0 Å². The number of nitrogens with two attached hydrogens (primary N) is 1. The van der Waals surface area contributed by atoms with Gasteiger partial charge in [0.25, 0.3) is 0 Å². The molecule has 0 aromatic heterocycles. The average molecular weight is 157 g/mol. The van der Waals surface area contributed by atoms with Crippen molar-refractivity contribution in [3.8, 4) is 0 Å². The quantitative estimate of drug-likeness (QED) is 0.667. The Kier molecular flexibility index (Phi) is 4.74. The van der Waals surface area contributed by atoms with E-state index >= 15 is 0 Å². The van der Waals surface area contributed by atoms with Gasteiger partial charge in [-0.1, -0.05) is 34.1 Å². The van der Waals surface area contributed by atoms with Crippen LogP contribution in [-0.2, 0) is 0 Å². The Morgan fingerprint density at radius 2 is 1.82 bits per heavy atom. The van der Waals surface area contributed by atoms with E-state index in [4.69, 9.17) is 5.73 Å². The fourth-order valence-electron chi connectivity index (χ4n) is 1.55. The van der Waals surface area contributed by atoms with Crippen molar-refractivity contribution < 1.29 is 0 Å². The van der Waals surface area contributed by atoms with Gasteiger partial charge in [-0.2, -0.15) is 0 Å². The summed E-state index contributed by atoms with van der Waals surface area (Å²) in [6, 6.07) is 0. The predicted octanol–water partition coefficient (Wildman–Crippen LogP) is 2.80. The molecule has 0 aliphatic rings. The highest BCUT2D eigenvalue weighted by Crippen LogP contribution is 2.27. The van der Waals surface area contributed by atoms with Crippen LogP contribution in [0, 0.1) is 11.3 Å². The molecule has 11 heavy (non-hydrogen) atoms. The third-order valence-corrected chi connectivity index (χ3v) is 2.05. The van der Waals surface area contributed by atoms with Crippen LogP contribution in [-0.4, -0.2) is 6.54 Å². The Morgan fingerprint density at radius 3 is 2.09 bits per heavy atom. The first-order valence-corrected chi connectivity index (χ1v) is 4.69. The molecule has 1 nitrogen and oxygen atoms in total. The van der Waals surface area contributed by atoms with E-state index in [2.05, 4.69) is 27.7 Å². The second kappa shape index (κ2) is 4.76. The molecule has 0 amide bonds. The molecule has 0 aromatic carbocycles. The summed E-state index contributed by atoms with van der Waals surface area (Å²) in [4.78, 5) is 0. The third kappa shape index (κ3) is 6.36. The molecule has 0 saturated carbocycles. The van der Waals surface area contributed by atoms with Crippen molar-refractivity contribution in [1.82, 2.24) is 0 Å². The average Bonchev–Trinajstić information content (AvgIpc) is 1.84. The molecule has 0 radical (unpaired) electrons. The van der Waals surface area contributed by atoms with Gasteiger partial charge < -0.3 is 5.73 Å². The second-order valence-electron chi connectivity index (χ2n) is 4.62. The summed E-state index contributed by atoms with van der Waals surface area (Å²) >= 11 is 0. The summed E-state index contributed by atoms with van der Waals surface area (Å²) in [7, 11) is 0. The number of hydrogen-bond donors (Lipinski definition) is 1. The zero-order valence-corrected chi connectivity index (χ0v) is 8.48. The van der Waals surface area contributed by atoms with Crippen molar-refractivity contribution in [2.24, 2.45) is 17.1 Å². The van der Waals surface area contributed by atoms with Crippen molar-refractivity contribution in [1.29, 1.82) is 0 Å². The molecule has 0 spiro atoms. The first-order valence-electron chi connectivity index (χ1n) is 4.69. The maximum absolute atomic E-state index is 5.52. The molecule has 2 N–H and O–H groups in total. The fraction of sp³-hybridized carbons (Fsp3) is 1.00. The first-order chi connectivity index (χ1) is 4.99. The lowest BCUT2D eigenvalue weighted by atomic mass is 9.82. The largest absolute Gasteiger partial charge is 0.330 e. The summed E-state index contributed by atoms with van der Waals surface area (Å²) < 4.78 is 0. The zero-order chi connectivity index (χ0) is 8.91. The van der Waals surface area contributed by atoms with Gasteiger partial charge in [-0.25, -0.2) is 0 Å². The van der Waals surface area contributed by atoms with Crippen molar-refractivity contribution in [2.75, 3.05) is 6.54 Å². The topological polar surface area (TPSA) is 26.0 Å². The Bertz CT molecular complexity index is 91.5. The monoisotopic (exact) mass is 157 g/mol. The minimum Gasteiger partial charge on any atom is -0.330 e. The minimum atomic E-state index is 0.468. The van der Waals surface area contributed by atoms with Gasteiger partial charge in [0.15, 0.2) is 0 Å². The first kappa shape index (κ1) is 11.0. The SMILES string of the molecule is CCC(CCN)CC(C)(C)C. The van der Waals surface area contributed by atoms with Crippen LogP contribution in [0.15, 0.2) is 0 Å². The van der Waals surface area contributed by atoms with Gasteiger partial charge in [0, 0.05) is 0 Å². The molecule has 0 aliphatic carbocycles. The summed E-state index contributed by atoms with van der Waals surface area (Å²) in [6.07, 6.45) is 3.77. The predicted molar refractivity (Wildman–Crippen MR) is 51.5 cm³/mol. The van der Waals surface area contributed by atoms with Crippen LogP contribution in [0.25, 0.3) is 0 Å². The molecule has 0 heterocycles. The third-order valence-electron chi connectivity index (χ3n) is 2.05. The van der Waals surface area contributed by atoms with Crippen LogP contribution < -0.4 is 5.73 Å². The summed E-state index contributed by atoms with van der Waals surface area (Å²) in [5.74, 6) is 0.833. The molecular formula is C10H23N. The smallest absolute Gasteiger partial charge is 0.00746 e. The van der Waals surface area contributed by atoms with Crippen molar-refractivity contribution >= 4 is 0 Å². The molecule has 1 unspecified atom stereocenters. The maximum Gasteiger partial charge on any atom is -0.00746 e. The van der Waals surface area contributed by atoms with E-state index in [1.807, 2.05) is 0 Å².